The highest BCUT2D eigenvalue weighted by Gasteiger charge is 2.47. The number of carbonyl (C=O) groups excluding carboxylic acids is 1. The van der Waals surface area contributed by atoms with E-state index in [1.165, 1.54) is 5.56 Å². The van der Waals surface area contributed by atoms with Crippen LogP contribution in [0.5, 0.6) is 0 Å². The van der Waals surface area contributed by atoms with Gasteiger partial charge in [0.15, 0.2) is 0 Å². The van der Waals surface area contributed by atoms with E-state index in [1.807, 2.05) is 30.9 Å². The van der Waals surface area contributed by atoms with Crippen LogP contribution in [0.4, 0.5) is 0 Å². The number of piperidine rings is 1. The van der Waals surface area contributed by atoms with Gasteiger partial charge in [-0.15, -0.1) is 0 Å². The second-order valence-corrected chi connectivity index (χ2v) is 7.00. The lowest BCUT2D eigenvalue weighted by Crippen LogP contribution is -2.43. The van der Waals surface area contributed by atoms with Gasteiger partial charge in [-0.25, -0.2) is 0 Å². The number of aliphatic hydroxyl groups excluding tert-OH is 1. The highest BCUT2D eigenvalue weighted by molar-refractivity contribution is 5.96. The lowest BCUT2D eigenvalue weighted by molar-refractivity contribution is 0.0755. The number of amides is 1. The molecular weight excluding hydrogens is 276 g/mol. The van der Waals surface area contributed by atoms with Crippen LogP contribution in [0.3, 0.4) is 0 Å². The first-order valence-corrected chi connectivity index (χ1v) is 8.24. The maximum absolute atomic E-state index is 12.9. The lowest BCUT2D eigenvalue weighted by atomic mass is 9.71. The summed E-state index contributed by atoms with van der Waals surface area (Å²) in [4.78, 5) is 14.9. The summed E-state index contributed by atoms with van der Waals surface area (Å²) >= 11 is 0. The van der Waals surface area contributed by atoms with Gasteiger partial charge in [0.1, 0.15) is 0 Å². The highest BCUT2D eigenvalue weighted by Crippen LogP contribution is 2.43. The summed E-state index contributed by atoms with van der Waals surface area (Å²) in [7, 11) is 0. The molecule has 1 spiro atoms. The third kappa shape index (κ3) is 2.66. The van der Waals surface area contributed by atoms with Crippen LogP contribution in [-0.2, 0) is 0 Å². The number of hydrogen-bond donors (Lipinski definition) is 2. The van der Waals surface area contributed by atoms with Crippen LogP contribution < -0.4 is 5.32 Å². The average Bonchev–Trinajstić information content (AvgIpc) is 2.85. The Morgan fingerprint density at radius 1 is 1.36 bits per heavy atom. The number of carbonyl (C=O) groups is 1. The third-order valence-corrected chi connectivity index (χ3v) is 5.53. The summed E-state index contributed by atoms with van der Waals surface area (Å²) < 4.78 is 0. The molecule has 0 bridgehead atoms. The first-order chi connectivity index (χ1) is 10.6. The molecule has 1 unspecified atom stereocenters. The second kappa shape index (κ2) is 6.01. The quantitative estimate of drug-likeness (QED) is 0.875. The molecule has 2 heterocycles. The number of aliphatic hydroxyl groups is 1. The van der Waals surface area contributed by atoms with Crippen molar-refractivity contribution in [3.63, 3.8) is 0 Å². The van der Waals surface area contributed by atoms with Crippen molar-refractivity contribution in [2.75, 3.05) is 32.8 Å². The van der Waals surface area contributed by atoms with Crippen LogP contribution >= 0.6 is 0 Å². The highest BCUT2D eigenvalue weighted by atomic mass is 16.3. The second-order valence-electron chi connectivity index (χ2n) is 7.00. The van der Waals surface area contributed by atoms with Gasteiger partial charge in [0.2, 0.25) is 0 Å². The SMILES string of the molecule is Cc1ccc(C(=O)N2CC(CO)C3(CCNCC3)C2)c(C)c1. The van der Waals surface area contributed by atoms with E-state index in [-0.39, 0.29) is 23.8 Å². The summed E-state index contributed by atoms with van der Waals surface area (Å²) in [6.07, 6.45) is 2.10. The Labute approximate surface area is 132 Å². The summed E-state index contributed by atoms with van der Waals surface area (Å²) in [5.41, 5.74) is 3.12. The van der Waals surface area contributed by atoms with Crippen LogP contribution in [0.25, 0.3) is 0 Å². The fraction of sp³-hybridized carbons (Fsp3) is 0.611. The van der Waals surface area contributed by atoms with E-state index in [1.54, 1.807) is 0 Å². The molecule has 1 aromatic rings. The van der Waals surface area contributed by atoms with Crippen LogP contribution in [0.15, 0.2) is 18.2 Å². The van der Waals surface area contributed by atoms with Crippen LogP contribution in [0, 0.1) is 25.2 Å². The number of hydrogen-bond acceptors (Lipinski definition) is 3. The van der Waals surface area contributed by atoms with Gasteiger partial charge < -0.3 is 15.3 Å². The molecule has 2 fully saturated rings. The van der Waals surface area contributed by atoms with Gasteiger partial charge in [0.25, 0.3) is 5.91 Å². The normalized spacial score (nSPS) is 24.0. The number of nitrogens with zero attached hydrogens (tertiary/aromatic N) is 1. The first-order valence-electron chi connectivity index (χ1n) is 8.24. The maximum atomic E-state index is 12.9. The van der Waals surface area contributed by atoms with Crippen molar-refractivity contribution in [1.82, 2.24) is 10.2 Å². The average molecular weight is 302 g/mol. The minimum Gasteiger partial charge on any atom is -0.396 e. The van der Waals surface area contributed by atoms with E-state index in [2.05, 4.69) is 11.4 Å². The number of rotatable bonds is 2. The predicted octanol–water partition coefficient (Wildman–Crippen LogP) is 1.74. The zero-order valence-corrected chi connectivity index (χ0v) is 13.6. The Morgan fingerprint density at radius 2 is 2.09 bits per heavy atom. The molecular formula is C18H26N2O2. The van der Waals surface area contributed by atoms with E-state index in [9.17, 15) is 9.90 Å². The Balaban J connectivity index is 1.82. The van der Waals surface area contributed by atoms with Crippen molar-refractivity contribution in [3.8, 4) is 0 Å². The van der Waals surface area contributed by atoms with Crippen molar-refractivity contribution in [3.05, 3.63) is 34.9 Å². The van der Waals surface area contributed by atoms with Gasteiger partial charge in [-0.2, -0.15) is 0 Å². The van der Waals surface area contributed by atoms with Crippen molar-refractivity contribution >= 4 is 5.91 Å². The Hall–Kier alpha value is -1.39. The molecule has 0 radical (unpaired) electrons. The molecule has 120 valence electrons. The number of likely N-dealkylation sites (tertiary alicyclic amines) is 1. The number of nitrogens with one attached hydrogen (secondary N) is 1. The molecule has 1 aromatic carbocycles. The predicted molar refractivity (Wildman–Crippen MR) is 86.9 cm³/mol. The van der Waals surface area contributed by atoms with Gasteiger partial charge in [-0.1, -0.05) is 17.7 Å². The van der Waals surface area contributed by atoms with E-state index in [0.29, 0.717) is 6.54 Å². The molecule has 4 heteroatoms. The lowest BCUT2D eigenvalue weighted by Gasteiger charge is -2.37. The van der Waals surface area contributed by atoms with Gasteiger partial charge in [-0.3, -0.25) is 4.79 Å². The van der Waals surface area contributed by atoms with Gasteiger partial charge in [0, 0.05) is 31.2 Å². The van der Waals surface area contributed by atoms with Crippen LogP contribution in [0.2, 0.25) is 0 Å². The first kappa shape index (κ1) is 15.5. The van der Waals surface area contributed by atoms with Crippen molar-refractivity contribution in [1.29, 1.82) is 0 Å². The molecule has 0 aromatic heterocycles. The monoisotopic (exact) mass is 302 g/mol. The topological polar surface area (TPSA) is 52.6 Å². The summed E-state index contributed by atoms with van der Waals surface area (Å²) in [5, 5.41) is 13.2. The fourth-order valence-corrected chi connectivity index (χ4v) is 4.15. The van der Waals surface area contributed by atoms with Crippen LogP contribution in [-0.4, -0.2) is 48.7 Å². The van der Waals surface area contributed by atoms with E-state index in [4.69, 9.17) is 0 Å². The van der Waals surface area contributed by atoms with E-state index >= 15 is 0 Å². The van der Waals surface area contributed by atoms with E-state index < -0.39 is 0 Å². The summed E-state index contributed by atoms with van der Waals surface area (Å²) in [6.45, 7) is 7.67. The van der Waals surface area contributed by atoms with Gasteiger partial charge >= 0.3 is 0 Å². The zero-order valence-electron chi connectivity index (χ0n) is 13.6. The summed E-state index contributed by atoms with van der Waals surface area (Å²) in [5.74, 6) is 0.329. The van der Waals surface area contributed by atoms with Crippen LogP contribution in [0.1, 0.15) is 34.3 Å². The Bertz CT molecular complexity index is 564. The third-order valence-electron chi connectivity index (χ3n) is 5.53. The Kier molecular flexibility index (Phi) is 4.24. The van der Waals surface area contributed by atoms with E-state index in [0.717, 1.165) is 43.6 Å². The number of benzene rings is 1. The molecule has 2 N–H and O–H groups in total. The molecule has 3 rings (SSSR count). The standard InChI is InChI=1S/C18H26N2O2/c1-13-3-4-16(14(2)9-13)17(22)20-10-15(11-21)18(12-20)5-7-19-8-6-18/h3-4,9,15,19,21H,5-8,10-12H2,1-2H3. The summed E-state index contributed by atoms with van der Waals surface area (Å²) in [6, 6.07) is 6.00. The molecule has 0 aliphatic carbocycles. The molecule has 1 amide bonds. The minimum absolute atomic E-state index is 0.105. The molecule has 1 atom stereocenters. The molecule has 22 heavy (non-hydrogen) atoms. The Morgan fingerprint density at radius 3 is 2.73 bits per heavy atom. The molecule has 4 nitrogen and oxygen atoms in total. The zero-order chi connectivity index (χ0) is 15.7. The van der Waals surface area contributed by atoms with Crippen molar-refractivity contribution in [2.45, 2.75) is 26.7 Å². The molecule has 2 aliphatic rings. The largest absolute Gasteiger partial charge is 0.396 e. The fourth-order valence-electron chi connectivity index (χ4n) is 4.15. The van der Waals surface area contributed by atoms with Crippen molar-refractivity contribution < 1.29 is 9.90 Å². The maximum Gasteiger partial charge on any atom is 0.254 e. The molecule has 0 saturated carbocycles. The molecule has 2 saturated heterocycles. The molecule has 2 aliphatic heterocycles. The van der Waals surface area contributed by atoms with Crippen molar-refractivity contribution in [2.24, 2.45) is 11.3 Å². The smallest absolute Gasteiger partial charge is 0.254 e. The number of aryl methyl sites for hydroxylation is 2. The van der Waals surface area contributed by atoms with Gasteiger partial charge in [0.05, 0.1) is 0 Å². The van der Waals surface area contributed by atoms with Gasteiger partial charge in [-0.05, 0) is 56.8 Å². The minimum atomic E-state index is 0.105.